The zero-order valence-electron chi connectivity index (χ0n) is 8.55. The first-order valence-corrected chi connectivity index (χ1v) is 4.38. The number of aliphatic hydroxyl groups excluding tert-OH is 1. The predicted molar refractivity (Wildman–Crippen MR) is 49.1 cm³/mol. The summed E-state index contributed by atoms with van der Waals surface area (Å²) in [5, 5.41) is 9.69. The van der Waals surface area contributed by atoms with Crippen molar-refractivity contribution in [2.75, 3.05) is 7.11 Å². The van der Waals surface area contributed by atoms with Crippen LogP contribution in [0.3, 0.4) is 0 Å². The Labute approximate surface area is 78.4 Å². The molecular formula is C10H16O3. The van der Waals surface area contributed by atoms with Crippen LogP contribution in [0.25, 0.3) is 0 Å². The summed E-state index contributed by atoms with van der Waals surface area (Å²) in [7, 11) is 1.36. The van der Waals surface area contributed by atoms with Gasteiger partial charge < -0.3 is 9.84 Å². The summed E-state index contributed by atoms with van der Waals surface area (Å²) >= 11 is 0. The average molecular weight is 184 g/mol. The predicted octanol–water partition coefficient (Wildman–Crippen LogP) is 1.27. The van der Waals surface area contributed by atoms with Gasteiger partial charge in [-0.3, -0.25) is 0 Å². The summed E-state index contributed by atoms with van der Waals surface area (Å²) < 4.78 is 4.68. The van der Waals surface area contributed by atoms with E-state index in [0.29, 0.717) is 12.0 Å². The maximum atomic E-state index is 11.4. The van der Waals surface area contributed by atoms with Gasteiger partial charge in [-0.2, -0.15) is 0 Å². The van der Waals surface area contributed by atoms with Gasteiger partial charge in [-0.05, 0) is 13.3 Å². The minimum absolute atomic E-state index is 0.320. The lowest BCUT2D eigenvalue weighted by Gasteiger charge is -2.25. The van der Waals surface area contributed by atoms with Crippen LogP contribution in [-0.2, 0) is 9.53 Å². The Morgan fingerprint density at radius 1 is 1.62 bits per heavy atom. The van der Waals surface area contributed by atoms with Crippen molar-refractivity contribution in [1.29, 1.82) is 0 Å². The molecule has 0 fully saturated rings. The van der Waals surface area contributed by atoms with E-state index in [0.717, 1.165) is 5.57 Å². The van der Waals surface area contributed by atoms with Gasteiger partial charge >= 0.3 is 5.97 Å². The van der Waals surface area contributed by atoms with Crippen molar-refractivity contribution in [3.05, 3.63) is 11.1 Å². The summed E-state index contributed by atoms with van der Waals surface area (Å²) in [5.41, 5.74) is 1.09. The molecule has 0 amide bonds. The third kappa shape index (κ3) is 1.48. The zero-order valence-corrected chi connectivity index (χ0v) is 8.55. The van der Waals surface area contributed by atoms with Crippen LogP contribution in [0.4, 0.5) is 0 Å². The number of carbonyl (C=O) groups excluding carboxylic acids is 1. The zero-order chi connectivity index (χ0) is 10.2. The lowest BCUT2D eigenvalue weighted by atomic mass is 9.83. The van der Waals surface area contributed by atoms with Crippen LogP contribution in [0.1, 0.15) is 27.2 Å². The van der Waals surface area contributed by atoms with Crippen molar-refractivity contribution in [2.45, 2.75) is 33.3 Å². The minimum atomic E-state index is -0.475. The Morgan fingerprint density at radius 3 is 2.46 bits per heavy atom. The van der Waals surface area contributed by atoms with Crippen LogP contribution in [0.2, 0.25) is 0 Å². The second kappa shape index (κ2) is 3.14. The van der Waals surface area contributed by atoms with Crippen LogP contribution < -0.4 is 0 Å². The number of aliphatic hydroxyl groups is 1. The van der Waals surface area contributed by atoms with Crippen molar-refractivity contribution in [1.82, 2.24) is 0 Å². The highest BCUT2D eigenvalue weighted by atomic mass is 16.5. The summed E-state index contributed by atoms with van der Waals surface area (Å²) in [4.78, 5) is 11.4. The molecule has 1 aliphatic carbocycles. The molecule has 13 heavy (non-hydrogen) atoms. The lowest BCUT2D eigenvalue weighted by molar-refractivity contribution is -0.137. The van der Waals surface area contributed by atoms with Crippen LogP contribution in [0.5, 0.6) is 0 Å². The molecule has 74 valence electrons. The molecule has 0 aromatic rings. The standard InChI is InChI=1S/C10H16O3/c1-6-5-7(11)10(2,3)8(6)9(12)13-4/h7,11H,5H2,1-4H3/t7-/m1/s1. The highest BCUT2D eigenvalue weighted by Gasteiger charge is 2.42. The molecule has 1 rings (SSSR count). The molecule has 0 aromatic carbocycles. The van der Waals surface area contributed by atoms with Gasteiger partial charge in [0.25, 0.3) is 0 Å². The van der Waals surface area contributed by atoms with Gasteiger partial charge in [-0.1, -0.05) is 19.4 Å². The Kier molecular flexibility index (Phi) is 2.48. The maximum Gasteiger partial charge on any atom is 0.334 e. The first-order valence-electron chi connectivity index (χ1n) is 4.38. The fourth-order valence-electron chi connectivity index (χ4n) is 1.90. The number of methoxy groups -OCH3 is 1. The van der Waals surface area contributed by atoms with Crippen LogP contribution >= 0.6 is 0 Å². The van der Waals surface area contributed by atoms with E-state index >= 15 is 0 Å². The molecule has 0 bridgehead atoms. The Bertz CT molecular complexity index is 263. The average Bonchev–Trinajstić information content (AvgIpc) is 2.21. The summed E-state index contributed by atoms with van der Waals surface area (Å²) in [6.07, 6.45) is 0.0962. The molecular weight excluding hydrogens is 168 g/mol. The van der Waals surface area contributed by atoms with E-state index in [-0.39, 0.29) is 5.97 Å². The fraction of sp³-hybridized carbons (Fsp3) is 0.700. The number of ether oxygens (including phenoxy) is 1. The molecule has 3 heteroatoms. The molecule has 1 N–H and O–H groups in total. The lowest BCUT2D eigenvalue weighted by Crippen LogP contribution is -2.29. The van der Waals surface area contributed by atoms with Gasteiger partial charge in [-0.15, -0.1) is 0 Å². The van der Waals surface area contributed by atoms with Crippen molar-refractivity contribution in [3.63, 3.8) is 0 Å². The van der Waals surface area contributed by atoms with E-state index in [9.17, 15) is 9.90 Å². The summed E-state index contributed by atoms with van der Waals surface area (Å²) in [6.45, 7) is 5.59. The Morgan fingerprint density at radius 2 is 2.15 bits per heavy atom. The molecule has 0 saturated carbocycles. The van der Waals surface area contributed by atoms with Gasteiger partial charge in [0.2, 0.25) is 0 Å². The molecule has 0 radical (unpaired) electrons. The molecule has 0 heterocycles. The van der Waals surface area contributed by atoms with E-state index in [1.807, 2.05) is 20.8 Å². The van der Waals surface area contributed by atoms with E-state index in [1.165, 1.54) is 7.11 Å². The van der Waals surface area contributed by atoms with Gasteiger partial charge in [-0.25, -0.2) is 4.79 Å². The molecule has 0 spiro atoms. The van der Waals surface area contributed by atoms with Crippen molar-refractivity contribution >= 4 is 5.97 Å². The highest BCUT2D eigenvalue weighted by Crippen LogP contribution is 2.42. The number of rotatable bonds is 1. The number of hydrogen-bond donors (Lipinski definition) is 1. The molecule has 0 aromatic heterocycles. The van der Waals surface area contributed by atoms with Crippen molar-refractivity contribution in [2.24, 2.45) is 5.41 Å². The first kappa shape index (κ1) is 10.3. The maximum absolute atomic E-state index is 11.4. The third-order valence-electron chi connectivity index (χ3n) is 2.79. The smallest absolute Gasteiger partial charge is 0.334 e. The molecule has 1 atom stereocenters. The summed E-state index contributed by atoms with van der Waals surface area (Å²) in [5.74, 6) is -0.320. The van der Waals surface area contributed by atoms with Gasteiger partial charge in [0.1, 0.15) is 0 Å². The molecule has 0 aliphatic heterocycles. The fourth-order valence-corrected chi connectivity index (χ4v) is 1.90. The highest BCUT2D eigenvalue weighted by molar-refractivity contribution is 5.91. The van der Waals surface area contributed by atoms with Crippen LogP contribution in [0, 0.1) is 5.41 Å². The molecule has 1 aliphatic rings. The normalized spacial score (nSPS) is 26.4. The first-order chi connectivity index (χ1) is 5.91. The number of esters is 1. The van der Waals surface area contributed by atoms with E-state index in [1.54, 1.807) is 0 Å². The van der Waals surface area contributed by atoms with Crippen LogP contribution in [-0.4, -0.2) is 24.3 Å². The quantitative estimate of drug-likeness (QED) is 0.624. The third-order valence-corrected chi connectivity index (χ3v) is 2.79. The number of carbonyl (C=O) groups is 1. The molecule has 0 unspecified atom stereocenters. The molecule has 3 nitrogen and oxygen atoms in total. The summed E-state index contributed by atoms with van der Waals surface area (Å²) in [6, 6.07) is 0. The topological polar surface area (TPSA) is 46.5 Å². The van der Waals surface area contributed by atoms with Gasteiger partial charge in [0, 0.05) is 11.0 Å². The van der Waals surface area contributed by atoms with Crippen molar-refractivity contribution in [3.8, 4) is 0 Å². The van der Waals surface area contributed by atoms with Crippen molar-refractivity contribution < 1.29 is 14.6 Å². The van der Waals surface area contributed by atoms with Gasteiger partial charge in [0.15, 0.2) is 0 Å². The van der Waals surface area contributed by atoms with E-state index in [4.69, 9.17) is 0 Å². The number of hydrogen-bond acceptors (Lipinski definition) is 3. The minimum Gasteiger partial charge on any atom is -0.466 e. The second-order valence-electron chi connectivity index (χ2n) is 4.09. The van der Waals surface area contributed by atoms with Crippen LogP contribution in [0.15, 0.2) is 11.1 Å². The molecule has 0 saturated heterocycles. The SMILES string of the molecule is COC(=O)C1=C(C)C[C@@H](O)C1(C)C. The van der Waals surface area contributed by atoms with E-state index in [2.05, 4.69) is 4.74 Å². The second-order valence-corrected chi connectivity index (χ2v) is 4.09. The Balaban J connectivity index is 3.06. The van der Waals surface area contributed by atoms with E-state index < -0.39 is 11.5 Å². The monoisotopic (exact) mass is 184 g/mol. The Hall–Kier alpha value is -0.830. The van der Waals surface area contributed by atoms with Gasteiger partial charge in [0.05, 0.1) is 13.2 Å². The largest absolute Gasteiger partial charge is 0.466 e.